The van der Waals surface area contributed by atoms with E-state index >= 15 is 0 Å². The number of carbonyl (C=O) groups is 1. The average Bonchev–Trinajstić information content (AvgIpc) is 2.73. The number of nitriles is 1. The molecule has 3 aliphatic rings. The Kier molecular flexibility index (Phi) is 5.12. The molecule has 0 saturated carbocycles. The van der Waals surface area contributed by atoms with Crippen molar-refractivity contribution < 1.29 is 4.79 Å². The number of benzene rings is 1. The van der Waals surface area contributed by atoms with Crippen molar-refractivity contribution in [3.05, 3.63) is 29.8 Å². The number of piperazine rings is 1. The highest BCUT2D eigenvalue weighted by atomic mass is 16.2. The molecule has 5 nitrogen and oxygen atoms in total. The van der Waals surface area contributed by atoms with E-state index in [2.05, 4.69) is 20.8 Å². The molecule has 0 aromatic heterocycles. The van der Waals surface area contributed by atoms with Gasteiger partial charge in [-0.25, -0.2) is 0 Å². The molecule has 0 N–H and O–H groups in total. The lowest BCUT2D eigenvalue weighted by Crippen LogP contribution is -2.56. The lowest BCUT2D eigenvalue weighted by molar-refractivity contribution is -0.140. The van der Waals surface area contributed by atoms with Crippen molar-refractivity contribution in [1.29, 1.82) is 5.26 Å². The number of fused-ring (bicyclic) bond motifs is 1. The van der Waals surface area contributed by atoms with Crippen LogP contribution in [0.5, 0.6) is 0 Å². The van der Waals surface area contributed by atoms with Crippen LogP contribution in [0.1, 0.15) is 37.7 Å². The van der Waals surface area contributed by atoms with Crippen LogP contribution in [-0.2, 0) is 4.79 Å². The van der Waals surface area contributed by atoms with Crippen molar-refractivity contribution in [3.63, 3.8) is 0 Å². The maximum atomic E-state index is 13.2. The molecule has 1 amide bonds. The Hall–Kier alpha value is -2.06. The summed E-state index contributed by atoms with van der Waals surface area (Å²) in [6.45, 7) is 5.73. The smallest absolute Gasteiger partial charge is 0.227 e. The van der Waals surface area contributed by atoms with Crippen molar-refractivity contribution in [1.82, 2.24) is 9.80 Å². The van der Waals surface area contributed by atoms with E-state index < -0.39 is 0 Å². The van der Waals surface area contributed by atoms with Crippen LogP contribution in [0.25, 0.3) is 0 Å². The van der Waals surface area contributed by atoms with E-state index in [1.807, 2.05) is 24.3 Å². The van der Waals surface area contributed by atoms with Gasteiger partial charge in [0.2, 0.25) is 5.91 Å². The van der Waals surface area contributed by atoms with Crippen LogP contribution in [0.2, 0.25) is 0 Å². The topological polar surface area (TPSA) is 50.6 Å². The molecule has 2 atom stereocenters. The summed E-state index contributed by atoms with van der Waals surface area (Å²) >= 11 is 0. The Morgan fingerprint density at radius 2 is 1.65 bits per heavy atom. The zero-order chi connectivity index (χ0) is 17.9. The Bertz CT molecular complexity index is 670. The van der Waals surface area contributed by atoms with E-state index in [-0.39, 0.29) is 5.92 Å². The van der Waals surface area contributed by atoms with E-state index in [9.17, 15) is 4.79 Å². The fourth-order valence-electron chi connectivity index (χ4n) is 4.91. The molecule has 1 aromatic rings. The monoisotopic (exact) mass is 352 g/mol. The summed E-state index contributed by atoms with van der Waals surface area (Å²) in [6.07, 6.45) is 5.99. The molecule has 0 unspecified atom stereocenters. The molecule has 3 fully saturated rings. The normalized spacial score (nSPS) is 26.9. The molecular formula is C21H28N4O. The van der Waals surface area contributed by atoms with Gasteiger partial charge in [0, 0.05) is 37.9 Å². The van der Waals surface area contributed by atoms with Gasteiger partial charge in [-0.15, -0.1) is 0 Å². The highest BCUT2D eigenvalue weighted by Crippen LogP contribution is 2.32. The summed E-state index contributed by atoms with van der Waals surface area (Å²) in [5, 5.41) is 8.93. The van der Waals surface area contributed by atoms with Gasteiger partial charge >= 0.3 is 0 Å². The quantitative estimate of drug-likeness (QED) is 0.820. The van der Waals surface area contributed by atoms with Gasteiger partial charge in [-0.3, -0.25) is 9.69 Å². The van der Waals surface area contributed by atoms with Gasteiger partial charge < -0.3 is 9.80 Å². The first-order valence-electron chi connectivity index (χ1n) is 10.0. The fraction of sp³-hybridized carbons (Fsp3) is 0.619. The second-order valence-corrected chi connectivity index (χ2v) is 7.82. The number of hydrogen-bond acceptors (Lipinski definition) is 4. The van der Waals surface area contributed by atoms with Crippen molar-refractivity contribution in [2.24, 2.45) is 5.92 Å². The molecule has 3 heterocycles. The molecule has 5 heteroatoms. The van der Waals surface area contributed by atoms with Crippen LogP contribution in [0, 0.1) is 17.2 Å². The van der Waals surface area contributed by atoms with Crippen molar-refractivity contribution in [3.8, 4) is 6.07 Å². The molecule has 3 aliphatic heterocycles. The Balaban J connectivity index is 1.36. The van der Waals surface area contributed by atoms with E-state index in [0.717, 1.165) is 44.7 Å². The molecular weight excluding hydrogens is 324 g/mol. The van der Waals surface area contributed by atoms with Crippen LogP contribution in [0.4, 0.5) is 5.69 Å². The molecule has 0 radical (unpaired) electrons. The number of hydrogen-bond donors (Lipinski definition) is 0. The summed E-state index contributed by atoms with van der Waals surface area (Å²) in [7, 11) is 0. The molecule has 0 aliphatic carbocycles. The SMILES string of the molecule is N#Cc1ccc(N2CCN(C(=O)[C@@H]3CCCN4CCCC[C@H]34)CC2)cc1. The van der Waals surface area contributed by atoms with E-state index in [0.29, 0.717) is 17.5 Å². The third-order valence-corrected chi connectivity index (χ3v) is 6.36. The minimum absolute atomic E-state index is 0.213. The number of carbonyl (C=O) groups excluding carboxylic acids is 1. The van der Waals surface area contributed by atoms with Gasteiger partial charge in [0.15, 0.2) is 0 Å². The second-order valence-electron chi connectivity index (χ2n) is 7.82. The molecule has 0 bridgehead atoms. The first-order valence-corrected chi connectivity index (χ1v) is 10.0. The maximum absolute atomic E-state index is 13.2. The lowest BCUT2D eigenvalue weighted by atomic mass is 9.82. The predicted octanol–water partition coefficient (Wildman–Crippen LogP) is 2.47. The number of piperidine rings is 2. The number of nitrogens with zero attached hydrogens (tertiary/aromatic N) is 4. The average molecular weight is 352 g/mol. The molecule has 1 aromatic carbocycles. The Morgan fingerprint density at radius 3 is 2.38 bits per heavy atom. The first-order chi connectivity index (χ1) is 12.8. The fourth-order valence-corrected chi connectivity index (χ4v) is 4.91. The summed E-state index contributed by atoms with van der Waals surface area (Å²) in [4.78, 5) is 20.2. The summed E-state index contributed by atoms with van der Waals surface area (Å²) in [5.74, 6) is 0.603. The lowest BCUT2D eigenvalue weighted by Gasteiger charge is -2.46. The predicted molar refractivity (Wildman–Crippen MR) is 102 cm³/mol. The standard InChI is InChI=1S/C21H28N4O/c22-16-17-6-8-18(9-7-17)23-12-14-25(15-13-23)21(26)19-4-3-11-24-10-2-1-5-20(19)24/h6-9,19-20H,1-5,10-15H2/t19-,20-/m1/s1. The van der Waals surface area contributed by atoms with E-state index in [1.54, 1.807) is 0 Å². The van der Waals surface area contributed by atoms with Gasteiger partial charge in [0.25, 0.3) is 0 Å². The highest BCUT2D eigenvalue weighted by Gasteiger charge is 2.39. The Labute approximate surface area is 156 Å². The van der Waals surface area contributed by atoms with Crippen LogP contribution in [-0.4, -0.2) is 61.0 Å². The third kappa shape index (κ3) is 3.43. The van der Waals surface area contributed by atoms with Gasteiger partial charge in [-0.2, -0.15) is 5.26 Å². The first kappa shape index (κ1) is 17.4. The second kappa shape index (κ2) is 7.67. The summed E-state index contributed by atoms with van der Waals surface area (Å²) in [5.41, 5.74) is 1.84. The highest BCUT2D eigenvalue weighted by molar-refractivity contribution is 5.80. The van der Waals surface area contributed by atoms with Gasteiger partial charge in [0.1, 0.15) is 0 Å². The van der Waals surface area contributed by atoms with Gasteiger partial charge in [-0.05, 0) is 63.0 Å². The molecule has 26 heavy (non-hydrogen) atoms. The molecule has 138 valence electrons. The number of anilines is 1. The van der Waals surface area contributed by atoms with E-state index in [4.69, 9.17) is 5.26 Å². The zero-order valence-electron chi connectivity index (χ0n) is 15.4. The number of amides is 1. The summed E-state index contributed by atoms with van der Waals surface area (Å²) in [6, 6.07) is 10.4. The maximum Gasteiger partial charge on any atom is 0.227 e. The van der Waals surface area contributed by atoms with Crippen LogP contribution in [0.3, 0.4) is 0 Å². The van der Waals surface area contributed by atoms with E-state index in [1.165, 1.54) is 32.4 Å². The van der Waals surface area contributed by atoms with Gasteiger partial charge in [0.05, 0.1) is 17.6 Å². The minimum atomic E-state index is 0.213. The number of rotatable bonds is 2. The Morgan fingerprint density at radius 1 is 0.923 bits per heavy atom. The van der Waals surface area contributed by atoms with Crippen molar-refractivity contribution in [2.45, 2.75) is 38.1 Å². The molecule has 4 rings (SSSR count). The van der Waals surface area contributed by atoms with Crippen LogP contribution < -0.4 is 4.90 Å². The largest absolute Gasteiger partial charge is 0.368 e. The van der Waals surface area contributed by atoms with Crippen LogP contribution >= 0.6 is 0 Å². The molecule has 0 spiro atoms. The third-order valence-electron chi connectivity index (χ3n) is 6.36. The molecule has 3 saturated heterocycles. The van der Waals surface area contributed by atoms with Crippen molar-refractivity contribution >= 4 is 11.6 Å². The summed E-state index contributed by atoms with van der Waals surface area (Å²) < 4.78 is 0. The minimum Gasteiger partial charge on any atom is -0.368 e. The van der Waals surface area contributed by atoms with Crippen molar-refractivity contribution in [2.75, 3.05) is 44.2 Å². The zero-order valence-corrected chi connectivity index (χ0v) is 15.4. The van der Waals surface area contributed by atoms with Gasteiger partial charge in [-0.1, -0.05) is 6.42 Å². The van der Waals surface area contributed by atoms with Crippen LogP contribution in [0.15, 0.2) is 24.3 Å².